The molecule has 49 heavy (non-hydrogen) atoms. The Morgan fingerprint density at radius 2 is 0.959 bits per heavy atom. The summed E-state index contributed by atoms with van der Waals surface area (Å²) in [5.74, 6) is -3.54. The van der Waals surface area contributed by atoms with Gasteiger partial charge in [0.05, 0.1) is 0 Å². The predicted molar refractivity (Wildman–Crippen MR) is 196 cm³/mol. The number of nitrogens with two attached hydrogens (primary N) is 3. The van der Waals surface area contributed by atoms with Crippen molar-refractivity contribution in [3.63, 3.8) is 0 Å². The number of hydrogen-bond acceptors (Lipinski definition) is 8. The summed E-state index contributed by atoms with van der Waals surface area (Å²) in [6.45, 7) is 5.00. The summed E-state index contributed by atoms with van der Waals surface area (Å²) in [6.07, 6.45) is 22.5. The largest absolute Gasteiger partial charge is 0.480 e. The smallest absolute Gasteiger partial charge is 0.324 e. The van der Waals surface area contributed by atoms with E-state index in [9.17, 15) is 29.1 Å². The standard InChI is InChI=1S/C29H56N4O5.C6H14N2O2.Na/c1-3-5-7-9-11-13-15-17-19-21-27(35)31-33(25(29(37)38)23-24-26(30)34)32-28(36)22-20-18-16-14-12-10-8-6-4-2;7-4-2-1-3-5(8)6(9)10;/h25H,3-24H2,1-2H3,(H2,30,34)(H,31,35)(H,32,36)(H,37,38);5H,1-4,7-8H2,(H,9,10);/t25-;5-;/m00./s1. The number of rotatable bonds is 32. The Labute approximate surface area is 318 Å². The van der Waals surface area contributed by atoms with Crippen molar-refractivity contribution in [2.75, 3.05) is 6.54 Å². The van der Waals surface area contributed by atoms with Crippen LogP contribution in [0.25, 0.3) is 0 Å². The second-order valence-corrected chi connectivity index (χ2v) is 12.7. The van der Waals surface area contributed by atoms with Gasteiger partial charge in [0, 0.05) is 48.8 Å². The van der Waals surface area contributed by atoms with Gasteiger partial charge in [0.1, 0.15) is 12.1 Å². The Morgan fingerprint density at radius 3 is 1.29 bits per heavy atom. The fourth-order valence-corrected chi connectivity index (χ4v) is 5.03. The molecule has 14 heteroatoms. The molecule has 1 radical (unpaired) electrons. The van der Waals surface area contributed by atoms with Crippen molar-refractivity contribution in [1.82, 2.24) is 16.0 Å². The van der Waals surface area contributed by atoms with Crippen LogP contribution in [0.4, 0.5) is 0 Å². The van der Waals surface area contributed by atoms with Crippen LogP contribution >= 0.6 is 0 Å². The van der Waals surface area contributed by atoms with E-state index in [1.165, 1.54) is 64.2 Å². The zero-order valence-corrected chi connectivity index (χ0v) is 33.2. The summed E-state index contributed by atoms with van der Waals surface area (Å²) in [6, 6.07) is -2.01. The van der Waals surface area contributed by atoms with Gasteiger partial charge in [-0.05, 0) is 38.6 Å². The topological polar surface area (TPSA) is 231 Å². The van der Waals surface area contributed by atoms with E-state index >= 15 is 0 Å². The molecule has 10 N–H and O–H groups in total. The van der Waals surface area contributed by atoms with Gasteiger partial charge in [-0.1, -0.05) is 123 Å². The maximum absolute atomic E-state index is 12.5. The molecule has 283 valence electrons. The zero-order chi connectivity index (χ0) is 36.4. The van der Waals surface area contributed by atoms with Crippen molar-refractivity contribution < 1.29 is 34.2 Å². The van der Waals surface area contributed by atoms with Gasteiger partial charge in [0.25, 0.3) is 0 Å². The van der Waals surface area contributed by atoms with Gasteiger partial charge in [-0.3, -0.25) is 34.8 Å². The average molecular weight is 710 g/mol. The minimum Gasteiger partial charge on any atom is -0.480 e. The Bertz CT molecular complexity index is 817. The van der Waals surface area contributed by atoms with E-state index in [2.05, 4.69) is 24.7 Å². The molecule has 0 saturated heterocycles. The van der Waals surface area contributed by atoms with Crippen molar-refractivity contribution >= 4 is 59.2 Å². The molecule has 0 spiro atoms. The van der Waals surface area contributed by atoms with Crippen LogP contribution in [0.5, 0.6) is 0 Å². The van der Waals surface area contributed by atoms with Crippen LogP contribution < -0.4 is 28.1 Å². The monoisotopic (exact) mass is 710 g/mol. The minimum absolute atomic E-state index is 0. The van der Waals surface area contributed by atoms with E-state index in [0.717, 1.165) is 56.5 Å². The molecule has 0 aliphatic rings. The van der Waals surface area contributed by atoms with Crippen molar-refractivity contribution in [2.24, 2.45) is 17.2 Å². The van der Waals surface area contributed by atoms with Crippen LogP contribution in [-0.2, 0) is 24.0 Å². The summed E-state index contributed by atoms with van der Waals surface area (Å²) in [4.78, 5) is 58.3. The number of amides is 3. The van der Waals surface area contributed by atoms with E-state index in [1.807, 2.05) is 0 Å². The fourth-order valence-electron chi connectivity index (χ4n) is 5.03. The number of primary amides is 1. The molecule has 0 bridgehead atoms. The molecule has 0 aromatic heterocycles. The third-order valence-electron chi connectivity index (χ3n) is 8.05. The number of hydrazine groups is 2. The number of carboxylic acids is 2. The molecule has 0 aliphatic carbocycles. The molecule has 0 aromatic rings. The average Bonchev–Trinajstić information content (AvgIpc) is 3.03. The van der Waals surface area contributed by atoms with Gasteiger partial charge in [-0.25, -0.2) is 0 Å². The number of carbonyl (C=O) groups excluding carboxylic acids is 3. The molecule has 2 atom stereocenters. The SMILES string of the molecule is CCCCCCCCCCCC(=O)NN(NC(=O)CCCCCCCCCCC)[C@@H](CCC(N)=O)C(=O)O.NCCCC[C@H](N)C(=O)O.[Na]. The second-order valence-electron chi connectivity index (χ2n) is 12.7. The van der Waals surface area contributed by atoms with Gasteiger partial charge in [-0.2, -0.15) is 0 Å². The number of carbonyl (C=O) groups is 5. The van der Waals surface area contributed by atoms with Gasteiger partial charge < -0.3 is 27.4 Å². The Balaban J connectivity index is -0.00000165. The fraction of sp³-hybridized carbons (Fsp3) is 0.857. The first kappa shape index (κ1) is 51.6. The van der Waals surface area contributed by atoms with Crippen LogP contribution in [-0.4, -0.2) is 93.2 Å². The van der Waals surface area contributed by atoms with Crippen LogP contribution in [0.15, 0.2) is 0 Å². The summed E-state index contributed by atoms with van der Waals surface area (Å²) in [5, 5.41) is 19.0. The minimum atomic E-state index is -1.29. The number of hydrogen-bond donors (Lipinski definition) is 7. The van der Waals surface area contributed by atoms with Crippen molar-refractivity contribution in [3.05, 3.63) is 0 Å². The maximum atomic E-state index is 12.5. The van der Waals surface area contributed by atoms with E-state index in [-0.39, 0.29) is 67.1 Å². The van der Waals surface area contributed by atoms with Crippen LogP contribution in [0.1, 0.15) is 174 Å². The van der Waals surface area contributed by atoms with E-state index < -0.39 is 29.9 Å². The molecular weight excluding hydrogens is 639 g/mol. The summed E-state index contributed by atoms with van der Waals surface area (Å²) < 4.78 is 0. The van der Waals surface area contributed by atoms with Gasteiger partial charge in [-0.15, -0.1) is 5.12 Å². The maximum Gasteiger partial charge on any atom is 0.324 e. The van der Waals surface area contributed by atoms with Crippen molar-refractivity contribution in [1.29, 1.82) is 0 Å². The molecule has 0 unspecified atom stereocenters. The quantitative estimate of drug-likeness (QED) is 0.0279. The predicted octanol–water partition coefficient (Wildman–Crippen LogP) is 5.06. The Kier molecular flexibility index (Phi) is 39.5. The summed E-state index contributed by atoms with van der Waals surface area (Å²) >= 11 is 0. The second kappa shape index (κ2) is 37.5. The van der Waals surface area contributed by atoms with Gasteiger partial charge >= 0.3 is 11.9 Å². The molecule has 0 aromatic carbocycles. The van der Waals surface area contributed by atoms with Gasteiger partial charge in [0.2, 0.25) is 17.7 Å². The van der Waals surface area contributed by atoms with Crippen LogP contribution in [0, 0.1) is 0 Å². The van der Waals surface area contributed by atoms with E-state index in [0.29, 0.717) is 25.8 Å². The van der Waals surface area contributed by atoms with Crippen molar-refractivity contribution in [2.45, 2.75) is 186 Å². The number of carboxylic acid groups (broad SMARTS) is 2. The van der Waals surface area contributed by atoms with E-state index in [4.69, 9.17) is 22.3 Å². The third kappa shape index (κ3) is 35.8. The van der Waals surface area contributed by atoms with Crippen LogP contribution in [0.3, 0.4) is 0 Å². The first-order chi connectivity index (χ1) is 23.0. The molecule has 0 heterocycles. The molecule has 0 saturated carbocycles. The molecule has 0 rings (SSSR count). The normalized spacial score (nSPS) is 11.9. The Hall–Kier alpha value is -1.77. The van der Waals surface area contributed by atoms with Gasteiger partial charge in [0.15, 0.2) is 0 Å². The third-order valence-corrected chi connectivity index (χ3v) is 8.05. The van der Waals surface area contributed by atoms with Crippen molar-refractivity contribution in [3.8, 4) is 0 Å². The first-order valence-corrected chi connectivity index (χ1v) is 18.6. The number of nitrogens with zero attached hydrogens (tertiary/aromatic N) is 1. The molecule has 13 nitrogen and oxygen atoms in total. The number of unbranched alkanes of at least 4 members (excludes halogenated alkanes) is 17. The Morgan fingerprint density at radius 1 is 0.571 bits per heavy atom. The van der Waals surface area contributed by atoms with Crippen LogP contribution in [0.2, 0.25) is 0 Å². The molecule has 0 aliphatic heterocycles. The molecule has 0 fully saturated rings. The zero-order valence-electron chi connectivity index (χ0n) is 31.2. The molecular formula is C35H70N6NaO7. The number of aliphatic carboxylic acids is 2. The summed E-state index contributed by atoms with van der Waals surface area (Å²) in [5.41, 5.74) is 20.7. The number of nitrogens with one attached hydrogen (secondary N) is 2. The summed E-state index contributed by atoms with van der Waals surface area (Å²) in [7, 11) is 0. The molecule has 3 amide bonds. The van der Waals surface area contributed by atoms with E-state index in [1.54, 1.807) is 0 Å². The first-order valence-electron chi connectivity index (χ1n) is 18.6.